The van der Waals surface area contributed by atoms with Crippen LogP contribution in [0.25, 0.3) is 5.52 Å². The van der Waals surface area contributed by atoms with E-state index in [1.807, 2.05) is 24.4 Å². The Balaban J connectivity index is 1.78. The SMILES string of the molecule is CC1CCCC(C)N1C(=O)c1nc(C2CC2)n2ccccc12. The molecule has 2 aromatic rings. The third-order valence-electron chi connectivity index (χ3n) is 5.15. The van der Waals surface area contributed by atoms with Gasteiger partial charge in [-0.15, -0.1) is 0 Å². The van der Waals surface area contributed by atoms with Gasteiger partial charge in [-0.2, -0.15) is 0 Å². The van der Waals surface area contributed by atoms with Crippen LogP contribution in [0.1, 0.15) is 68.2 Å². The second kappa shape index (κ2) is 5.11. The van der Waals surface area contributed by atoms with Crippen molar-refractivity contribution in [2.45, 2.75) is 64.0 Å². The van der Waals surface area contributed by atoms with Gasteiger partial charge in [0.15, 0.2) is 5.69 Å². The Labute approximate surface area is 131 Å². The number of hydrogen-bond donors (Lipinski definition) is 0. The second-order valence-electron chi connectivity index (χ2n) is 6.89. The first-order valence-corrected chi connectivity index (χ1v) is 8.46. The zero-order valence-corrected chi connectivity index (χ0v) is 13.3. The van der Waals surface area contributed by atoms with Gasteiger partial charge in [0.1, 0.15) is 5.82 Å². The molecule has 0 bridgehead atoms. The summed E-state index contributed by atoms with van der Waals surface area (Å²) in [5.74, 6) is 1.71. The van der Waals surface area contributed by atoms with Crippen LogP contribution >= 0.6 is 0 Å². The normalized spacial score (nSPS) is 25.6. The summed E-state index contributed by atoms with van der Waals surface area (Å²) in [4.78, 5) is 20.0. The molecule has 4 nitrogen and oxygen atoms in total. The van der Waals surface area contributed by atoms with E-state index in [0.29, 0.717) is 23.7 Å². The van der Waals surface area contributed by atoms with Gasteiger partial charge in [-0.1, -0.05) is 6.07 Å². The second-order valence-corrected chi connectivity index (χ2v) is 6.89. The van der Waals surface area contributed by atoms with Crippen LogP contribution in [0.15, 0.2) is 24.4 Å². The molecule has 1 saturated carbocycles. The first-order chi connectivity index (χ1) is 10.7. The van der Waals surface area contributed by atoms with Crippen LogP contribution in [-0.2, 0) is 0 Å². The van der Waals surface area contributed by atoms with E-state index in [2.05, 4.69) is 23.1 Å². The van der Waals surface area contributed by atoms with E-state index in [9.17, 15) is 4.79 Å². The summed E-state index contributed by atoms with van der Waals surface area (Å²) < 4.78 is 2.12. The molecular weight excluding hydrogens is 274 g/mol. The minimum atomic E-state index is 0.107. The number of amides is 1. The van der Waals surface area contributed by atoms with Crippen LogP contribution in [0.5, 0.6) is 0 Å². The number of aromatic nitrogens is 2. The van der Waals surface area contributed by atoms with Crippen molar-refractivity contribution >= 4 is 11.4 Å². The largest absolute Gasteiger partial charge is 0.332 e. The third kappa shape index (κ3) is 2.13. The maximum Gasteiger partial charge on any atom is 0.275 e. The van der Waals surface area contributed by atoms with E-state index < -0.39 is 0 Å². The molecule has 0 aromatic carbocycles. The zero-order valence-electron chi connectivity index (χ0n) is 13.3. The Morgan fingerprint density at radius 1 is 1.14 bits per heavy atom. The van der Waals surface area contributed by atoms with E-state index in [0.717, 1.165) is 24.2 Å². The maximum absolute atomic E-state index is 13.1. The number of imidazole rings is 1. The topological polar surface area (TPSA) is 37.6 Å². The summed E-state index contributed by atoms with van der Waals surface area (Å²) in [5.41, 5.74) is 1.60. The molecule has 116 valence electrons. The van der Waals surface area contributed by atoms with Crippen LogP contribution in [0.4, 0.5) is 0 Å². The molecule has 2 fully saturated rings. The number of likely N-dealkylation sites (tertiary alicyclic amines) is 1. The number of hydrogen-bond acceptors (Lipinski definition) is 2. The molecule has 1 aliphatic heterocycles. The zero-order chi connectivity index (χ0) is 15.3. The highest BCUT2D eigenvalue weighted by Gasteiger charge is 2.34. The van der Waals surface area contributed by atoms with E-state index in [1.165, 1.54) is 19.3 Å². The fraction of sp³-hybridized carbons (Fsp3) is 0.556. The molecule has 2 atom stereocenters. The quantitative estimate of drug-likeness (QED) is 0.849. The van der Waals surface area contributed by atoms with Crippen LogP contribution in [-0.4, -0.2) is 32.3 Å². The van der Waals surface area contributed by atoms with E-state index in [4.69, 9.17) is 4.98 Å². The fourth-order valence-corrected chi connectivity index (χ4v) is 3.79. The molecule has 0 spiro atoms. The van der Waals surface area contributed by atoms with Crippen molar-refractivity contribution in [3.63, 3.8) is 0 Å². The highest BCUT2D eigenvalue weighted by molar-refractivity contribution is 5.99. The molecule has 2 unspecified atom stereocenters. The number of rotatable bonds is 2. The molecule has 0 N–H and O–H groups in total. The van der Waals surface area contributed by atoms with Crippen molar-refractivity contribution in [2.24, 2.45) is 0 Å². The number of carbonyl (C=O) groups excluding carboxylic acids is 1. The van der Waals surface area contributed by atoms with Gasteiger partial charge in [0, 0.05) is 24.2 Å². The minimum Gasteiger partial charge on any atom is -0.332 e. The Morgan fingerprint density at radius 2 is 1.86 bits per heavy atom. The Morgan fingerprint density at radius 3 is 2.55 bits per heavy atom. The fourth-order valence-electron chi connectivity index (χ4n) is 3.79. The van der Waals surface area contributed by atoms with Crippen molar-refractivity contribution < 1.29 is 4.79 Å². The van der Waals surface area contributed by atoms with Gasteiger partial charge < -0.3 is 9.30 Å². The molecular formula is C18H23N3O. The number of carbonyl (C=O) groups is 1. The van der Waals surface area contributed by atoms with Crippen LogP contribution in [0, 0.1) is 0 Å². The molecule has 2 aromatic heterocycles. The lowest BCUT2D eigenvalue weighted by Crippen LogP contribution is -2.47. The van der Waals surface area contributed by atoms with Crippen LogP contribution in [0.2, 0.25) is 0 Å². The summed E-state index contributed by atoms with van der Waals surface area (Å²) in [7, 11) is 0. The van der Waals surface area contributed by atoms with Crippen molar-refractivity contribution in [1.82, 2.24) is 14.3 Å². The van der Waals surface area contributed by atoms with Gasteiger partial charge in [0.25, 0.3) is 5.91 Å². The lowest BCUT2D eigenvalue weighted by molar-refractivity contribution is 0.0507. The number of nitrogens with zero attached hydrogens (tertiary/aromatic N) is 3. The molecule has 1 saturated heterocycles. The van der Waals surface area contributed by atoms with Gasteiger partial charge in [-0.25, -0.2) is 4.98 Å². The predicted molar refractivity (Wildman–Crippen MR) is 86.1 cm³/mol. The van der Waals surface area contributed by atoms with Crippen molar-refractivity contribution in [2.75, 3.05) is 0 Å². The molecule has 4 rings (SSSR count). The predicted octanol–water partition coefficient (Wildman–Crippen LogP) is 3.61. The Hall–Kier alpha value is -1.84. The van der Waals surface area contributed by atoms with Gasteiger partial charge in [-0.3, -0.25) is 4.79 Å². The Bertz CT molecular complexity index is 706. The molecule has 2 aliphatic rings. The summed E-state index contributed by atoms with van der Waals surface area (Å²) in [6.07, 6.45) is 7.82. The summed E-state index contributed by atoms with van der Waals surface area (Å²) in [6.45, 7) is 4.32. The van der Waals surface area contributed by atoms with Crippen molar-refractivity contribution in [3.05, 3.63) is 35.9 Å². The average Bonchev–Trinajstić information content (AvgIpc) is 3.27. The third-order valence-corrected chi connectivity index (χ3v) is 5.15. The van der Waals surface area contributed by atoms with E-state index in [1.54, 1.807) is 0 Å². The standard InChI is InChI=1S/C18H23N3O/c1-12-6-5-7-13(2)21(12)18(22)16-15-8-3-4-11-20(15)17(19-16)14-9-10-14/h3-4,8,11-14H,5-7,9-10H2,1-2H3. The lowest BCUT2D eigenvalue weighted by atomic mass is 9.97. The molecule has 1 aliphatic carbocycles. The molecule has 22 heavy (non-hydrogen) atoms. The number of piperidine rings is 1. The van der Waals surface area contributed by atoms with Crippen LogP contribution < -0.4 is 0 Å². The molecule has 4 heteroatoms. The smallest absolute Gasteiger partial charge is 0.275 e. The van der Waals surface area contributed by atoms with Gasteiger partial charge >= 0.3 is 0 Å². The maximum atomic E-state index is 13.1. The number of fused-ring (bicyclic) bond motifs is 1. The molecule has 3 heterocycles. The van der Waals surface area contributed by atoms with E-state index in [-0.39, 0.29) is 5.91 Å². The Kier molecular flexibility index (Phi) is 3.21. The van der Waals surface area contributed by atoms with Gasteiger partial charge in [0.05, 0.1) is 5.52 Å². The van der Waals surface area contributed by atoms with Gasteiger partial charge in [0.2, 0.25) is 0 Å². The number of pyridine rings is 1. The van der Waals surface area contributed by atoms with Crippen molar-refractivity contribution in [1.29, 1.82) is 0 Å². The van der Waals surface area contributed by atoms with Crippen LogP contribution in [0.3, 0.4) is 0 Å². The lowest BCUT2D eigenvalue weighted by Gasteiger charge is -2.38. The molecule has 0 radical (unpaired) electrons. The highest BCUT2D eigenvalue weighted by atomic mass is 16.2. The summed E-state index contributed by atoms with van der Waals surface area (Å²) >= 11 is 0. The first kappa shape index (κ1) is 13.8. The first-order valence-electron chi connectivity index (χ1n) is 8.46. The minimum absolute atomic E-state index is 0.107. The average molecular weight is 297 g/mol. The van der Waals surface area contributed by atoms with E-state index >= 15 is 0 Å². The monoisotopic (exact) mass is 297 g/mol. The summed E-state index contributed by atoms with van der Waals surface area (Å²) in [6, 6.07) is 6.64. The van der Waals surface area contributed by atoms with Gasteiger partial charge in [-0.05, 0) is 58.1 Å². The highest BCUT2D eigenvalue weighted by Crippen LogP contribution is 2.40. The summed E-state index contributed by atoms with van der Waals surface area (Å²) in [5, 5.41) is 0. The van der Waals surface area contributed by atoms with Crippen molar-refractivity contribution in [3.8, 4) is 0 Å². The molecule has 1 amide bonds.